The lowest BCUT2D eigenvalue weighted by atomic mass is 10.1. The number of anilines is 1. The van der Waals surface area contributed by atoms with Gasteiger partial charge in [-0.2, -0.15) is 0 Å². The summed E-state index contributed by atoms with van der Waals surface area (Å²) in [6, 6.07) is 8.10. The largest absolute Gasteiger partial charge is 0.493 e. The van der Waals surface area contributed by atoms with E-state index in [1.165, 1.54) is 21.3 Å². The molecule has 0 saturated heterocycles. The van der Waals surface area contributed by atoms with Crippen LogP contribution >= 0.6 is 0 Å². The van der Waals surface area contributed by atoms with Crippen LogP contribution in [0.2, 0.25) is 0 Å². The smallest absolute Gasteiger partial charge is 0.338 e. The van der Waals surface area contributed by atoms with Gasteiger partial charge in [0.05, 0.1) is 33.5 Å². The minimum Gasteiger partial charge on any atom is -0.493 e. The Kier molecular flexibility index (Phi) is 6.65. The van der Waals surface area contributed by atoms with Gasteiger partial charge in [-0.15, -0.1) is 0 Å². The third-order valence-corrected chi connectivity index (χ3v) is 3.92. The van der Waals surface area contributed by atoms with Crippen molar-refractivity contribution >= 4 is 17.6 Å². The maximum atomic E-state index is 12.7. The Morgan fingerprint density at radius 1 is 0.926 bits per heavy atom. The molecule has 1 amide bonds. The van der Waals surface area contributed by atoms with Gasteiger partial charge in [0.1, 0.15) is 0 Å². The van der Waals surface area contributed by atoms with Crippen LogP contribution in [0.15, 0.2) is 30.3 Å². The lowest BCUT2D eigenvalue weighted by Crippen LogP contribution is -2.14. The van der Waals surface area contributed by atoms with E-state index in [1.54, 1.807) is 37.3 Å². The number of nitrogens with one attached hydrogen (secondary N) is 1. The molecule has 1 N–H and O–H groups in total. The number of esters is 1. The summed E-state index contributed by atoms with van der Waals surface area (Å²) in [4.78, 5) is 24.6. The molecule has 2 aromatic carbocycles. The standard InChI is InChI=1S/C20H23NO6/c1-6-27-20(23)13-8-7-12(2)15(9-13)21-19(22)14-10-16(24-3)18(26-5)17(11-14)25-4/h7-11H,6H2,1-5H3,(H,21,22). The van der Waals surface area contributed by atoms with Crippen molar-refractivity contribution in [3.63, 3.8) is 0 Å². The molecule has 0 spiro atoms. The molecule has 0 heterocycles. The van der Waals surface area contributed by atoms with Crippen LogP contribution in [-0.4, -0.2) is 39.8 Å². The summed E-state index contributed by atoms with van der Waals surface area (Å²) in [6.45, 7) is 3.85. The van der Waals surface area contributed by atoms with Crippen LogP contribution in [-0.2, 0) is 4.74 Å². The lowest BCUT2D eigenvalue weighted by molar-refractivity contribution is 0.0526. The van der Waals surface area contributed by atoms with E-state index < -0.39 is 5.97 Å². The molecule has 144 valence electrons. The Morgan fingerprint density at radius 3 is 2.07 bits per heavy atom. The zero-order valence-corrected chi connectivity index (χ0v) is 16.0. The normalized spacial score (nSPS) is 10.1. The van der Waals surface area contributed by atoms with Crippen molar-refractivity contribution in [1.82, 2.24) is 0 Å². The SMILES string of the molecule is CCOC(=O)c1ccc(C)c(NC(=O)c2cc(OC)c(OC)c(OC)c2)c1. The van der Waals surface area contributed by atoms with Crippen molar-refractivity contribution < 1.29 is 28.5 Å². The number of ether oxygens (including phenoxy) is 4. The number of carbonyl (C=O) groups is 2. The zero-order valence-electron chi connectivity index (χ0n) is 16.0. The minimum atomic E-state index is -0.444. The van der Waals surface area contributed by atoms with Crippen molar-refractivity contribution in [3.05, 3.63) is 47.0 Å². The van der Waals surface area contributed by atoms with Gasteiger partial charge in [-0.25, -0.2) is 4.79 Å². The molecule has 0 unspecified atom stereocenters. The molecular formula is C20H23NO6. The van der Waals surface area contributed by atoms with Crippen LogP contribution in [0.5, 0.6) is 17.2 Å². The fourth-order valence-electron chi connectivity index (χ4n) is 2.50. The van der Waals surface area contributed by atoms with Crippen molar-refractivity contribution in [2.75, 3.05) is 33.3 Å². The van der Waals surface area contributed by atoms with Gasteiger partial charge in [-0.1, -0.05) is 6.07 Å². The second-order valence-corrected chi connectivity index (χ2v) is 5.62. The van der Waals surface area contributed by atoms with Crippen LogP contribution in [0.1, 0.15) is 33.2 Å². The molecule has 0 aliphatic heterocycles. The Labute approximate surface area is 158 Å². The Hall–Kier alpha value is -3.22. The van der Waals surface area contributed by atoms with Gasteiger partial charge >= 0.3 is 5.97 Å². The Bertz CT molecular complexity index is 821. The fourth-order valence-corrected chi connectivity index (χ4v) is 2.50. The van der Waals surface area contributed by atoms with E-state index >= 15 is 0 Å². The summed E-state index contributed by atoms with van der Waals surface area (Å²) in [5.74, 6) is 0.328. The molecule has 0 bridgehead atoms. The first-order valence-electron chi connectivity index (χ1n) is 8.34. The number of aryl methyl sites for hydroxylation is 1. The number of carbonyl (C=O) groups excluding carboxylic acids is 2. The van der Waals surface area contributed by atoms with Crippen LogP contribution < -0.4 is 19.5 Å². The third-order valence-electron chi connectivity index (χ3n) is 3.92. The van der Waals surface area contributed by atoms with E-state index in [1.807, 2.05) is 6.92 Å². The number of hydrogen-bond donors (Lipinski definition) is 1. The predicted molar refractivity (Wildman–Crippen MR) is 101 cm³/mol. The molecule has 0 aliphatic carbocycles. The highest BCUT2D eigenvalue weighted by molar-refractivity contribution is 6.06. The van der Waals surface area contributed by atoms with Crippen molar-refractivity contribution in [3.8, 4) is 17.2 Å². The second-order valence-electron chi connectivity index (χ2n) is 5.62. The van der Waals surface area contributed by atoms with Crippen molar-refractivity contribution in [2.24, 2.45) is 0 Å². The number of hydrogen-bond acceptors (Lipinski definition) is 6. The molecule has 0 aliphatic rings. The predicted octanol–water partition coefficient (Wildman–Crippen LogP) is 3.45. The van der Waals surface area contributed by atoms with Gasteiger partial charge in [0, 0.05) is 11.3 Å². The maximum absolute atomic E-state index is 12.7. The lowest BCUT2D eigenvalue weighted by Gasteiger charge is -2.15. The highest BCUT2D eigenvalue weighted by Gasteiger charge is 2.18. The van der Waals surface area contributed by atoms with Crippen molar-refractivity contribution in [1.29, 1.82) is 0 Å². The van der Waals surface area contributed by atoms with Crippen LogP contribution in [0.4, 0.5) is 5.69 Å². The van der Waals surface area contributed by atoms with Gasteiger partial charge in [-0.3, -0.25) is 4.79 Å². The van der Waals surface area contributed by atoms with E-state index in [-0.39, 0.29) is 12.5 Å². The van der Waals surface area contributed by atoms with Gasteiger partial charge in [0.2, 0.25) is 5.75 Å². The molecule has 0 fully saturated rings. The molecule has 27 heavy (non-hydrogen) atoms. The summed E-state index contributed by atoms with van der Waals surface area (Å²) >= 11 is 0. The average molecular weight is 373 g/mol. The van der Waals surface area contributed by atoms with E-state index in [9.17, 15) is 9.59 Å². The highest BCUT2D eigenvalue weighted by atomic mass is 16.5. The number of amides is 1. The summed E-state index contributed by atoms with van der Waals surface area (Å²) in [7, 11) is 4.45. The van der Waals surface area contributed by atoms with Crippen LogP contribution in [0.25, 0.3) is 0 Å². The minimum absolute atomic E-state index is 0.278. The van der Waals surface area contributed by atoms with Crippen LogP contribution in [0.3, 0.4) is 0 Å². The number of rotatable bonds is 7. The second kappa shape index (κ2) is 8.93. The molecule has 7 heteroatoms. The first kappa shape index (κ1) is 20.1. The maximum Gasteiger partial charge on any atom is 0.338 e. The molecule has 0 aromatic heterocycles. The zero-order chi connectivity index (χ0) is 20.0. The first-order valence-corrected chi connectivity index (χ1v) is 8.34. The summed E-state index contributed by atoms with van der Waals surface area (Å²) in [5.41, 5.74) is 2.01. The molecule has 2 aromatic rings. The molecule has 0 saturated carbocycles. The van der Waals surface area contributed by atoms with E-state index in [0.29, 0.717) is 34.1 Å². The third kappa shape index (κ3) is 4.49. The Morgan fingerprint density at radius 2 is 1.56 bits per heavy atom. The molecule has 0 atom stereocenters. The number of methoxy groups -OCH3 is 3. The van der Waals surface area contributed by atoms with Gasteiger partial charge in [0.15, 0.2) is 11.5 Å². The van der Waals surface area contributed by atoms with E-state index in [0.717, 1.165) is 5.56 Å². The molecule has 2 rings (SSSR count). The summed E-state index contributed by atoms with van der Waals surface area (Å²) in [5, 5.41) is 2.81. The molecular weight excluding hydrogens is 350 g/mol. The van der Waals surface area contributed by atoms with E-state index in [2.05, 4.69) is 5.32 Å². The van der Waals surface area contributed by atoms with Gasteiger partial charge < -0.3 is 24.3 Å². The first-order chi connectivity index (χ1) is 12.9. The summed E-state index contributed by atoms with van der Waals surface area (Å²) < 4.78 is 20.8. The number of benzene rings is 2. The Balaban J connectivity index is 2.34. The average Bonchev–Trinajstić information content (AvgIpc) is 2.68. The monoisotopic (exact) mass is 373 g/mol. The topological polar surface area (TPSA) is 83.1 Å². The molecule has 7 nitrogen and oxygen atoms in total. The quantitative estimate of drug-likeness (QED) is 0.749. The van der Waals surface area contributed by atoms with Crippen LogP contribution in [0, 0.1) is 6.92 Å². The van der Waals surface area contributed by atoms with Gasteiger partial charge in [0.25, 0.3) is 5.91 Å². The van der Waals surface area contributed by atoms with E-state index in [4.69, 9.17) is 18.9 Å². The molecule has 0 radical (unpaired) electrons. The highest BCUT2D eigenvalue weighted by Crippen LogP contribution is 2.38. The van der Waals surface area contributed by atoms with Gasteiger partial charge in [-0.05, 0) is 43.7 Å². The summed E-state index contributed by atoms with van der Waals surface area (Å²) in [6.07, 6.45) is 0. The fraction of sp³-hybridized carbons (Fsp3) is 0.300. The van der Waals surface area contributed by atoms with Crippen molar-refractivity contribution in [2.45, 2.75) is 13.8 Å².